The van der Waals surface area contributed by atoms with E-state index in [0.29, 0.717) is 6.41 Å². The molecule has 0 heterocycles. The second kappa shape index (κ2) is 12.9. The molecule has 4 amide bonds. The number of amides is 4. The minimum atomic E-state index is -1.22. The summed E-state index contributed by atoms with van der Waals surface area (Å²) in [5.41, 5.74) is 1.88. The van der Waals surface area contributed by atoms with E-state index < -0.39 is 18.3 Å². The number of rotatable bonds is 13. The second-order valence-corrected chi connectivity index (χ2v) is 6.96. The van der Waals surface area contributed by atoms with E-state index in [-0.39, 0.29) is 52.4 Å². The molecular formula is C20H30N4O7. The van der Waals surface area contributed by atoms with E-state index in [4.69, 9.17) is 5.11 Å². The van der Waals surface area contributed by atoms with Crippen molar-refractivity contribution in [2.45, 2.75) is 20.4 Å². The highest BCUT2D eigenvalue weighted by Crippen LogP contribution is 2.07. The van der Waals surface area contributed by atoms with E-state index in [1.165, 1.54) is 9.80 Å². The molecule has 1 aromatic rings. The zero-order valence-electron chi connectivity index (χ0n) is 17.8. The summed E-state index contributed by atoms with van der Waals surface area (Å²) in [6, 6.07) is 7.45. The lowest BCUT2D eigenvalue weighted by Crippen LogP contribution is -2.44. The van der Waals surface area contributed by atoms with Gasteiger partial charge >= 0.3 is 18.3 Å². The Bertz CT molecular complexity index is 742. The lowest BCUT2D eigenvalue weighted by atomic mass is 10.1. The first-order valence-electron chi connectivity index (χ1n) is 9.86. The van der Waals surface area contributed by atoms with Gasteiger partial charge in [0.25, 0.3) is 0 Å². The Morgan fingerprint density at radius 1 is 0.774 bits per heavy atom. The molecule has 0 unspecified atom stereocenters. The van der Waals surface area contributed by atoms with E-state index in [9.17, 15) is 29.4 Å². The standard InChI is InChI=1S/C20H30N4O7/c1-3-22(18(26)27)12-13-23(19(28)29)10-8-21(15-25)9-11-24(20(30)31)14-17-6-4-16(2)5-7-17/h4-7,15H,3,8-14H2,1-2H3,(H,26,27)(H,28,29)(H,30,31). The van der Waals surface area contributed by atoms with E-state index in [2.05, 4.69) is 0 Å². The average molecular weight is 438 g/mol. The summed E-state index contributed by atoms with van der Waals surface area (Å²) >= 11 is 0. The molecule has 0 bridgehead atoms. The Morgan fingerprint density at radius 2 is 1.23 bits per heavy atom. The third kappa shape index (κ3) is 9.24. The van der Waals surface area contributed by atoms with Gasteiger partial charge in [-0.15, -0.1) is 0 Å². The smallest absolute Gasteiger partial charge is 0.407 e. The second-order valence-electron chi connectivity index (χ2n) is 6.96. The minimum Gasteiger partial charge on any atom is -0.465 e. The third-order valence-electron chi connectivity index (χ3n) is 4.79. The molecular weight excluding hydrogens is 408 g/mol. The number of hydrogen-bond acceptors (Lipinski definition) is 4. The van der Waals surface area contributed by atoms with Crippen LogP contribution < -0.4 is 0 Å². The molecule has 1 aromatic carbocycles. The highest BCUT2D eigenvalue weighted by atomic mass is 16.4. The van der Waals surface area contributed by atoms with Crippen molar-refractivity contribution < 1.29 is 34.5 Å². The quantitative estimate of drug-likeness (QED) is 0.399. The maximum Gasteiger partial charge on any atom is 0.407 e. The Kier molecular flexibility index (Phi) is 10.7. The highest BCUT2D eigenvalue weighted by Gasteiger charge is 2.18. The van der Waals surface area contributed by atoms with Gasteiger partial charge in [0.2, 0.25) is 6.41 Å². The average Bonchev–Trinajstić information content (AvgIpc) is 2.72. The lowest BCUT2D eigenvalue weighted by molar-refractivity contribution is -0.118. The summed E-state index contributed by atoms with van der Waals surface area (Å²) in [5.74, 6) is 0. The topological polar surface area (TPSA) is 142 Å². The molecule has 0 spiro atoms. The molecule has 31 heavy (non-hydrogen) atoms. The Labute approximate surface area is 181 Å². The van der Waals surface area contributed by atoms with Crippen molar-refractivity contribution in [2.75, 3.05) is 45.8 Å². The monoisotopic (exact) mass is 438 g/mol. The first-order chi connectivity index (χ1) is 14.7. The molecule has 0 saturated heterocycles. The molecule has 172 valence electrons. The molecule has 0 aliphatic rings. The van der Waals surface area contributed by atoms with Gasteiger partial charge in [-0.2, -0.15) is 0 Å². The molecule has 0 aromatic heterocycles. The summed E-state index contributed by atoms with van der Waals surface area (Å²) in [6.07, 6.45) is -2.93. The highest BCUT2D eigenvalue weighted by molar-refractivity contribution is 5.66. The van der Waals surface area contributed by atoms with Crippen LogP contribution in [0.25, 0.3) is 0 Å². The Hall–Kier alpha value is -3.50. The number of benzene rings is 1. The number of hydrogen-bond donors (Lipinski definition) is 3. The summed E-state index contributed by atoms with van der Waals surface area (Å²) < 4.78 is 0. The fourth-order valence-electron chi connectivity index (χ4n) is 2.81. The zero-order chi connectivity index (χ0) is 23.4. The number of carbonyl (C=O) groups excluding carboxylic acids is 1. The van der Waals surface area contributed by atoms with Crippen molar-refractivity contribution in [3.8, 4) is 0 Å². The summed E-state index contributed by atoms with van der Waals surface area (Å²) in [7, 11) is 0. The number of aryl methyl sites for hydroxylation is 1. The van der Waals surface area contributed by atoms with E-state index in [0.717, 1.165) is 20.9 Å². The van der Waals surface area contributed by atoms with E-state index >= 15 is 0 Å². The predicted octanol–water partition coefficient (Wildman–Crippen LogP) is 1.91. The van der Waals surface area contributed by atoms with Gasteiger partial charge in [-0.1, -0.05) is 29.8 Å². The van der Waals surface area contributed by atoms with Crippen LogP contribution >= 0.6 is 0 Å². The van der Waals surface area contributed by atoms with Gasteiger partial charge in [-0.25, -0.2) is 14.4 Å². The van der Waals surface area contributed by atoms with Crippen molar-refractivity contribution in [3.05, 3.63) is 35.4 Å². The number of nitrogens with zero attached hydrogens (tertiary/aromatic N) is 4. The minimum absolute atomic E-state index is 0.0164. The number of carboxylic acid groups (broad SMARTS) is 3. The van der Waals surface area contributed by atoms with E-state index in [1.807, 2.05) is 31.2 Å². The molecule has 0 aliphatic heterocycles. The van der Waals surface area contributed by atoms with Crippen molar-refractivity contribution in [3.63, 3.8) is 0 Å². The predicted molar refractivity (Wildman–Crippen MR) is 112 cm³/mol. The maximum atomic E-state index is 11.5. The largest absolute Gasteiger partial charge is 0.465 e. The van der Waals surface area contributed by atoms with Gasteiger partial charge in [-0.05, 0) is 19.4 Å². The van der Waals surface area contributed by atoms with Crippen LogP contribution in [0.4, 0.5) is 14.4 Å². The molecule has 0 aliphatic carbocycles. The van der Waals surface area contributed by atoms with Crippen molar-refractivity contribution in [2.24, 2.45) is 0 Å². The van der Waals surface area contributed by atoms with Crippen LogP contribution in [0.1, 0.15) is 18.1 Å². The van der Waals surface area contributed by atoms with Crippen molar-refractivity contribution >= 4 is 24.7 Å². The van der Waals surface area contributed by atoms with Gasteiger partial charge in [0.1, 0.15) is 0 Å². The number of carbonyl (C=O) groups is 4. The van der Waals surface area contributed by atoms with Gasteiger partial charge in [0.05, 0.1) is 0 Å². The van der Waals surface area contributed by atoms with Crippen LogP contribution in [0.3, 0.4) is 0 Å². The van der Waals surface area contributed by atoms with E-state index in [1.54, 1.807) is 6.92 Å². The summed E-state index contributed by atoms with van der Waals surface area (Å²) in [6.45, 7) is 4.19. The normalized spacial score (nSPS) is 10.3. The van der Waals surface area contributed by atoms with Crippen LogP contribution in [0.5, 0.6) is 0 Å². The molecule has 0 saturated carbocycles. The molecule has 11 nitrogen and oxygen atoms in total. The fraction of sp³-hybridized carbons (Fsp3) is 0.500. The Morgan fingerprint density at radius 3 is 1.68 bits per heavy atom. The van der Waals surface area contributed by atoms with Crippen LogP contribution in [-0.4, -0.2) is 105 Å². The molecule has 0 atom stereocenters. The summed E-state index contributed by atoms with van der Waals surface area (Å²) in [4.78, 5) is 50.0. The Balaban J connectivity index is 2.59. The summed E-state index contributed by atoms with van der Waals surface area (Å²) in [5, 5.41) is 27.8. The van der Waals surface area contributed by atoms with Crippen molar-refractivity contribution in [1.29, 1.82) is 0 Å². The molecule has 0 fully saturated rings. The molecule has 1 rings (SSSR count). The van der Waals surface area contributed by atoms with Crippen LogP contribution in [0.2, 0.25) is 0 Å². The maximum absolute atomic E-state index is 11.5. The molecule has 0 radical (unpaired) electrons. The van der Waals surface area contributed by atoms with Gasteiger partial charge in [-0.3, -0.25) is 4.79 Å². The van der Waals surface area contributed by atoms with Gasteiger partial charge in [0.15, 0.2) is 0 Å². The molecule has 3 N–H and O–H groups in total. The lowest BCUT2D eigenvalue weighted by Gasteiger charge is -2.27. The first-order valence-corrected chi connectivity index (χ1v) is 9.86. The van der Waals surface area contributed by atoms with Crippen LogP contribution in [0, 0.1) is 6.92 Å². The van der Waals surface area contributed by atoms with Crippen LogP contribution in [-0.2, 0) is 11.3 Å². The van der Waals surface area contributed by atoms with Crippen molar-refractivity contribution in [1.82, 2.24) is 19.6 Å². The third-order valence-corrected chi connectivity index (χ3v) is 4.79. The molecule has 11 heteroatoms. The fourth-order valence-corrected chi connectivity index (χ4v) is 2.81. The SMILES string of the molecule is CCN(CCN(CCN(C=O)CCN(Cc1ccc(C)cc1)C(=O)O)C(=O)O)C(=O)O. The van der Waals surface area contributed by atoms with Crippen LogP contribution in [0.15, 0.2) is 24.3 Å². The van der Waals surface area contributed by atoms with Gasteiger partial charge < -0.3 is 34.9 Å². The number of likely N-dealkylation sites (N-methyl/N-ethyl adjacent to an activating group) is 1. The zero-order valence-corrected chi connectivity index (χ0v) is 17.8. The first kappa shape index (κ1) is 25.5. The van der Waals surface area contributed by atoms with Gasteiger partial charge in [0, 0.05) is 52.4 Å².